The van der Waals surface area contributed by atoms with Crippen molar-refractivity contribution in [3.63, 3.8) is 0 Å². The van der Waals surface area contributed by atoms with Crippen molar-refractivity contribution in [2.45, 2.75) is 13.3 Å². The predicted octanol–water partition coefficient (Wildman–Crippen LogP) is 4.10. The van der Waals surface area contributed by atoms with E-state index in [4.69, 9.17) is 5.26 Å². The largest absolute Gasteiger partial charge is 0.192 e. The lowest BCUT2D eigenvalue weighted by Crippen LogP contribution is -1.79. The Balaban J connectivity index is 2.87. The summed E-state index contributed by atoms with van der Waals surface area (Å²) in [5.74, 6) is 0. The quantitative estimate of drug-likeness (QED) is 0.762. The van der Waals surface area contributed by atoms with Gasteiger partial charge in [0.2, 0.25) is 0 Å². The number of hydrogen-bond acceptors (Lipinski definition) is 2. The molecular weight excluding hydrogens is 258 g/mol. The van der Waals surface area contributed by atoms with Crippen LogP contribution in [-0.4, -0.2) is 0 Å². The molecule has 0 atom stereocenters. The molecule has 1 nitrogen and oxygen atoms in total. The Bertz CT molecular complexity index is 522. The lowest BCUT2D eigenvalue weighted by Gasteiger charge is -1.97. The molecule has 0 saturated heterocycles. The molecule has 3 heteroatoms. The number of aryl methyl sites for hydroxylation is 1. The van der Waals surface area contributed by atoms with Gasteiger partial charge < -0.3 is 0 Å². The van der Waals surface area contributed by atoms with Gasteiger partial charge in [0.25, 0.3) is 0 Å². The summed E-state index contributed by atoms with van der Waals surface area (Å²) in [6.07, 6.45) is 1.01. The molecule has 0 aliphatic heterocycles. The van der Waals surface area contributed by atoms with Crippen molar-refractivity contribution in [3.8, 4) is 6.07 Å². The highest BCUT2D eigenvalue weighted by atomic mass is 79.9. The maximum absolute atomic E-state index is 9.00. The van der Waals surface area contributed by atoms with Crippen molar-refractivity contribution in [2.24, 2.45) is 0 Å². The Hall–Kier alpha value is -0.850. The molecule has 0 saturated carbocycles. The number of nitrogens with zero attached hydrogens (tertiary/aromatic N) is 1. The van der Waals surface area contributed by atoms with E-state index in [-0.39, 0.29) is 0 Å². The second-order valence-corrected chi connectivity index (χ2v) is 5.35. The number of rotatable bonds is 1. The smallest absolute Gasteiger partial charge is 0.102 e. The van der Waals surface area contributed by atoms with E-state index in [1.165, 1.54) is 10.3 Å². The Morgan fingerprint density at radius 2 is 2.29 bits per heavy atom. The molecule has 0 N–H and O–H groups in total. The first-order chi connectivity index (χ1) is 6.77. The van der Waals surface area contributed by atoms with Gasteiger partial charge in [0.1, 0.15) is 6.07 Å². The third-order valence-corrected chi connectivity index (χ3v) is 4.20. The summed E-state index contributed by atoms with van der Waals surface area (Å²) >= 11 is 5.08. The second kappa shape index (κ2) is 3.72. The Morgan fingerprint density at radius 1 is 1.50 bits per heavy atom. The van der Waals surface area contributed by atoms with Crippen LogP contribution in [0.2, 0.25) is 0 Å². The molecule has 2 rings (SSSR count). The highest BCUT2D eigenvalue weighted by Crippen LogP contribution is 2.36. The molecule has 0 radical (unpaired) electrons. The van der Waals surface area contributed by atoms with Crippen LogP contribution >= 0.6 is 27.3 Å². The predicted molar refractivity (Wildman–Crippen MR) is 63.6 cm³/mol. The molecule has 1 aromatic heterocycles. The number of fused-ring (bicyclic) bond motifs is 1. The molecule has 0 fully saturated rings. The average Bonchev–Trinajstić information content (AvgIpc) is 2.52. The van der Waals surface area contributed by atoms with Gasteiger partial charge in [0, 0.05) is 10.1 Å². The van der Waals surface area contributed by atoms with E-state index in [1.807, 2.05) is 12.1 Å². The first-order valence-corrected chi connectivity index (χ1v) is 5.99. The summed E-state index contributed by atoms with van der Waals surface area (Å²) in [5.41, 5.74) is 2.08. The van der Waals surface area contributed by atoms with Gasteiger partial charge in [-0.25, -0.2) is 0 Å². The Morgan fingerprint density at radius 3 is 2.93 bits per heavy atom. The molecule has 1 heterocycles. The molecule has 0 amide bonds. The minimum absolute atomic E-state index is 0.764. The maximum Gasteiger partial charge on any atom is 0.102 e. The lowest BCUT2D eigenvalue weighted by molar-refractivity contribution is 1.16. The fourth-order valence-electron chi connectivity index (χ4n) is 1.53. The summed E-state index contributed by atoms with van der Waals surface area (Å²) in [7, 11) is 0. The number of benzene rings is 1. The van der Waals surface area contributed by atoms with E-state index in [0.717, 1.165) is 21.2 Å². The molecule has 70 valence electrons. The van der Waals surface area contributed by atoms with Gasteiger partial charge in [-0.15, -0.1) is 11.3 Å². The number of thiophene rings is 1. The molecule has 0 aliphatic carbocycles. The topological polar surface area (TPSA) is 23.8 Å². The molecular formula is C11H8BrNS. The van der Waals surface area contributed by atoms with E-state index in [9.17, 15) is 0 Å². The van der Waals surface area contributed by atoms with Crippen LogP contribution in [0.5, 0.6) is 0 Å². The zero-order valence-corrected chi connectivity index (χ0v) is 10.1. The van der Waals surface area contributed by atoms with Crippen molar-refractivity contribution in [3.05, 3.63) is 33.1 Å². The minimum atomic E-state index is 0.764. The van der Waals surface area contributed by atoms with Crippen LogP contribution < -0.4 is 0 Å². The van der Waals surface area contributed by atoms with Crippen molar-refractivity contribution in [1.82, 2.24) is 0 Å². The van der Waals surface area contributed by atoms with E-state index < -0.39 is 0 Å². The lowest BCUT2D eigenvalue weighted by atomic mass is 10.1. The average molecular weight is 266 g/mol. The molecule has 0 bridgehead atoms. The molecule has 14 heavy (non-hydrogen) atoms. The fourth-order valence-corrected chi connectivity index (χ4v) is 3.38. The second-order valence-electron chi connectivity index (χ2n) is 3.01. The van der Waals surface area contributed by atoms with Gasteiger partial charge in [-0.05, 0) is 27.9 Å². The summed E-state index contributed by atoms with van der Waals surface area (Å²) in [6, 6.07) is 8.37. The Kier molecular flexibility index (Phi) is 2.58. The van der Waals surface area contributed by atoms with E-state index in [0.29, 0.717) is 0 Å². The minimum Gasteiger partial charge on any atom is -0.192 e. The monoisotopic (exact) mass is 265 g/mol. The molecule has 0 aliphatic rings. The standard InChI is InChI=1S/C11H8BrNS/c1-2-7-4-3-5-8-9(6-13)11(12)14-10(7)8/h3-5H,2H2,1H3. The van der Waals surface area contributed by atoms with Crippen molar-refractivity contribution in [1.29, 1.82) is 5.26 Å². The van der Waals surface area contributed by atoms with Gasteiger partial charge in [-0.2, -0.15) is 5.26 Å². The highest BCUT2D eigenvalue weighted by Gasteiger charge is 2.11. The third kappa shape index (κ3) is 1.35. The SMILES string of the molecule is CCc1cccc2c(C#N)c(Br)sc12. The van der Waals surface area contributed by atoms with Crippen LogP contribution in [0, 0.1) is 11.3 Å². The summed E-state index contributed by atoms with van der Waals surface area (Å²) in [5, 5.41) is 10.1. The maximum atomic E-state index is 9.00. The fraction of sp³-hybridized carbons (Fsp3) is 0.182. The first kappa shape index (κ1) is 9.70. The highest BCUT2D eigenvalue weighted by molar-refractivity contribution is 9.11. The number of halogens is 1. The van der Waals surface area contributed by atoms with Gasteiger partial charge >= 0.3 is 0 Å². The van der Waals surface area contributed by atoms with Crippen molar-refractivity contribution < 1.29 is 0 Å². The molecule has 1 aromatic carbocycles. The van der Waals surface area contributed by atoms with Gasteiger partial charge in [0.05, 0.1) is 9.35 Å². The summed E-state index contributed by atoms with van der Waals surface area (Å²) < 4.78 is 2.18. The van der Waals surface area contributed by atoms with E-state index in [2.05, 4.69) is 35.0 Å². The summed E-state index contributed by atoms with van der Waals surface area (Å²) in [4.78, 5) is 0. The Labute approximate surface area is 95.1 Å². The van der Waals surface area contributed by atoms with Gasteiger partial charge in [-0.1, -0.05) is 25.1 Å². The van der Waals surface area contributed by atoms with Crippen LogP contribution in [0.3, 0.4) is 0 Å². The van der Waals surface area contributed by atoms with Crippen LogP contribution in [0.4, 0.5) is 0 Å². The zero-order chi connectivity index (χ0) is 10.1. The van der Waals surface area contributed by atoms with Gasteiger partial charge in [0.15, 0.2) is 0 Å². The van der Waals surface area contributed by atoms with E-state index in [1.54, 1.807) is 11.3 Å². The third-order valence-electron chi connectivity index (χ3n) is 2.25. The first-order valence-electron chi connectivity index (χ1n) is 4.38. The molecule has 2 aromatic rings. The van der Waals surface area contributed by atoms with Crippen molar-refractivity contribution >= 4 is 37.4 Å². The normalized spacial score (nSPS) is 10.4. The van der Waals surface area contributed by atoms with Gasteiger partial charge in [-0.3, -0.25) is 0 Å². The number of nitriles is 1. The van der Waals surface area contributed by atoms with Crippen LogP contribution in [0.25, 0.3) is 10.1 Å². The van der Waals surface area contributed by atoms with Crippen LogP contribution in [0.1, 0.15) is 18.1 Å². The molecule has 0 spiro atoms. The zero-order valence-electron chi connectivity index (χ0n) is 7.67. The molecule has 0 unspecified atom stereocenters. The van der Waals surface area contributed by atoms with Crippen LogP contribution in [0.15, 0.2) is 22.0 Å². The summed E-state index contributed by atoms with van der Waals surface area (Å²) in [6.45, 7) is 2.13. The van der Waals surface area contributed by atoms with Crippen molar-refractivity contribution in [2.75, 3.05) is 0 Å². The number of hydrogen-bond donors (Lipinski definition) is 0. The van der Waals surface area contributed by atoms with Crippen LogP contribution in [-0.2, 0) is 6.42 Å². The van der Waals surface area contributed by atoms with E-state index >= 15 is 0 Å².